The van der Waals surface area contributed by atoms with Gasteiger partial charge in [0.25, 0.3) is 5.56 Å². The molecule has 0 aliphatic rings. The van der Waals surface area contributed by atoms with Crippen LogP contribution >= 0.6 is 22.9 Å². The van der Waals surface area contributed by atoms with Crippen LogP contribution in [-0.2, 0) is 5.41 Å². The third kappa shape index (κ3) is 3.42. The lowest BCUT2D eigenvalue weighted by molar-refractivity contribution is 0.590. The summed E-state index contributed by atoms with van der Waals surface area (Å²) in [5, 5.41) is 5.33. The van der Waals surface area contributed by atoms with Crippen molar-refractivity contribution in [3.63, 3.8) is 0 Å². The molecule has 0 amide bonds. The molecule has 3 aromatic rings. The van der Waals surface area contributed by atoms with Crippen LogP contribution in [0.4, 0.5) is 0 Å². The van der Waals surface area contributed by atoms with Crippen LogP contribution in [0.15, 0.2) is 35.1 Å². The highest BCUT2D eigenvalue weighted by molar-refractivity contribution is 7.18. The molecule has 0 N–H and O–H groups in total. The van der Waals surface area contributed by atoms with E-state index in [1.165, 1.54) is 27.5 Å². The summed E-state index contributed by atoms with van der Waals surface area (Å²) >= 11 is 7.70. The van der Waals surface area contributed by atoms with E-state index in [4.69, 9.17) is 11.6 Å². The van der Waals surface area contributed by atoms with E-state index in [0.717, 1.165) is 5.56 Å². The minimum Gasteiger partial charge on any atom is -0.267 e. The SMILES string of the molecule is Cc1cc(=O)n2nc(/C(Cl)=C/c3ccc(C(C)(C)C)cc3)sc2n1. The summed E-state index contributed by atoms with van der Waals surface area (Å²) in [4.78, 5) is 16.8. The number of fused-ring (bicyclic) bond motifs is 1. The standard InChI is InChI=1S/C18H18ClN3OS/c1-11-9-15(23)22-17(20-11)24-16(21-22)14(19)10-12-5-7-13(8-6-12)18(2,3)4/h5-10H,1-4H3/b14-10-. The van der Waals surface area contributed by atoms with Gasteiger partial charge in [-0.1, -0.05) is 68.0 Å². The molecule has 0 fully saturated rings. The zero-order valence-corrected chi connectivity index (χ0v) is 15.6. The summed E-state index contributed by atoms with van der Waals surface area (Å²) < 4.78 is 1.28. The van der Waals surface area contributed by atoms with Gasteiger partial charge in [-0.05, 0) is 29.5 Å². The van der Waals surface area contributed by atoms with Gasteiger partial charge in [-0.15, -0.1) is 0 Å². The van der Waals surface area contributed by atoms with Gasteiger partial charge in [0, 0.05) is 11.8 Å². The van der Waals surface area contributed by atoms with Crippen LogP contribution in [0.25, 0.3) is 16.1 Å². The summed E-state index contributed by atoms with van der Waals surface area (Å²) in [6.45, 7) is 8.32. The molecule has 2 aromatic heterocycles. The molecule has 2 heterocycles. The summed E-state index contributed by atoms with van der Waals surface area (Å²) in [5.74, 6) is 0. The van der Waals surface area contributed by atoms with Crippen LogP contribution in [0.3, 0.4) is 0 Å². The van der Waals surface area contributed by atoms with Gasteiger partial charge in [0.15, 0.2) is 5.01 Å². The first kappa shape index (κ1) is 16.9. The topological polar surface area (TPSA) is 47.3 Å². The third-order valence-electron chi connectivity index (χ3n) is 3.65. The molecule has 1 aromatic carbocycles. The zero-order valence-electron chi connectivity index (χ0n) is 14.0. The summed E-state index contributed by atoms with van der Waals surface area (Å²) in [6.07, 6.45) is 1.85. The molecule has 0 spiro atoms. The second-order valence-electron chi connectivity index (χ2n) is 6.70. The lowest BCUT2D eigenvalue weighted by atomic mass is 9.87. The highest BCUT2D eigenvalue weighted by Crippen LogP contribution is 2.27. The number of aryl methyl sites for hydroxylation is 1. The van der Waals surface area contributed by atoms with Crippen molar-refractivity contribution in [2.24, 2.45) is 0 Å². The molecule has 3 rings (SSSR count). The molecule has 0 atom stereocenters. The molecule has 0 radical (unpaired) electrons. The van der Waals surface area contributed by atoms with E-state index >= 15 is 0 Å². The molecule has 0 unspecified atom stereocenters. The van der Waals surface area contributed by atoms with E-state index in [1.54, 1.807) is 6.92 Å². The van der Waals surface area contributed by atoms with Gasteiger partial charge >= 0.3 is 0 Å². The highest BCUT2D eigenvalue weighted by Gasteiger charge is 2.13. The van der Waals surface area contributed by atoms with Crippen molar-refractivity contribution in [2.45, 2.75) is 33.1 Å². The van der Waals surface area contributed by atoms with Crippen molar-refractivity contribution < 1.29 is 0 Å². The average Bonchev–Trinajstić information content (AvgIpc) is 2.91. The van der Waals surface area contributed by atoms with E-state index in [2.05, 4.69) is 43.0 Å². The summed E-state index contributed by atoms with van der Waals surface area (Å²) in [5.41, 5.74) is 2.85. The molecule has 0 saturated carbocycles. The van der Waals surface area contributed by atoms with Crippen molar-refractivity contribution in [1.29, 1.82) is 0 Å². The predicted octanol–water partition coefficient (Wildman–Crippen LogP) is 4.49. The monoisotopic (exact) mass is 359 g/mol. The number of benzene rings is 1. The Hall–Kier alpha value is -1.98. The fourth-order valence-corrected chi connectivity index (χ4v) is 3.44. The number of aromatic nitrogens is 3. The highest BCUT2D eigenvalue weighted by atomic mass is 35.5. The Balaban J connectivity index is 1.96. The molecular weight excluding hydrogens is 342 g/mol. The Bertz CT molecular complexity index is 978. The lowest BCUT2D eigenvalue weighted by Crippen LogP contribution is -2.14. The number of rotatable bonds is 2. The Kier molecular flexibility index (Phi) is 4.32. The maximum absolute atomic E-state index is 11.9. The third-order valence-corrected chi connectivity index (χ3v) is 4.99. The first-order valence-electron chi connectivity index (χ1n) is 7.60. The predicted molar refractivity (Wildman–Crippen MR) is 101 cm³/mol. The zero-order chi connectivity index (χ0) is 17.5. The van der Waals surface area contributed by atoms with Gasteiger partial charge in [0.2, 0.25) is 4.96 Å². The molecule has 24 heavy (non-hydrogen) atoms. The molecule has 124 valence electrons. The van der Waals surface area contributed by atoms with E-state index in [1.807, 2.05) is 18.2 Å². The van der Waals surface area contributed by atoms with Crippen LogP contribution in [0.2, 0.25) is 0 Å². The molecule has 4 nitrogen and oxygen atoms in total. The molecule has 0 saturated heterocycles. The number of nitrogens with zero attached hydrogens (tertiary/aromatic N) is 3. The maximum Gasteiger partial charge on any atom is 0.275 e. The first-order valence-corrected chi connectivity index (χ1v) is 8.79. The van der Waals surface area contributed by atoms with Gasteiger partial charge < -0.3 is 0 Å². The number of hydrogen-bond acceptors (Lipinski definition) is 4. The molecule has 0 aliphatic carbocycles. The Labute approximate surface area is 149 Å². The van der Waals surface area contributed by atoms with Crippen molar-refractivity contribution in [3.05, 3.63) is 62.5 Å². The fourth-order valence-electron chi connectivity index (χ4n) is 2.30. The largest absolute Gasteiger partial charge is 0.275 e. The maximum atomic E-state index is 11.9. The van der Waals surface area contributed by atoms with E-state index in [-0.39, 0.29) is 11.0 Å². The van der Waals surface area contributed by atoms with Crippen LogP contribution in [0, 0.1) is 6.92 Å². The van der Waals surface area contributed by atoms with E-state index in [0.29, 0.717) is 20.7 Å². The average molecular weight is 360 g/mol. The fraction of sp³-hybridized carbons (Fsp3) is 0.278. The first-order chi connectivity index (χ1) is 11.2. The Morgan fingerprint density at radius 3 is 2.54 bits per heavy atom. The second kappa shape index (κ2) is 6.15. The van der Waals surface area contributed by atoms with Crippen molar-refractivity contribution in [2.75, 3.05) is 0 Å². The van der Waals surface area contributed by atoms with Crippen molar-refractivity contribution >= 4 is 39.0 Å². The van der Waals surface area contributed by atoms with Gasteiger partial charge in [0.05, 0.1) is 5.03 Å². The summed E-state index contributed by atoms with van der Waals surface area (Å²) in [7, 11) is 0. The van der Waals surface area contributed by atoms with Crippen LogP contribution in [0.5, 0.6) is 0 Å². The van der Waals surface area contributed by atoms with Crippen molar-refractivity contribution in [3.8, 4) is 0 Å². The van der Waals surface area contributed by atoms with E-state index < -0.39 is 0 Å². The van der Waals surface area contributed by atoms with Crippen LogP contribution < -0.4 is 5.56 Å². The van der Waals surface area contributed by atoms with Crippen molar-refractivity contribution in [1.82, 2.24) is 14.6 Å². The molecule has 0 bridgehead atoms. The normalized spacial score (nSPS) is 12.8. The molecular formula is C18H18ClN3OS. The quantitative estimate of drug-likeness (QED) is 0.677. The van der Waals surface area contributed by atoms with Gasteiger partial charge in [-0.2, -0.15) is 9.61 Å². The Morgan fingerprint density at radius 1 is 1.25 bits per heavy atom. The molecule has 6 heteroatoms. The Morgan fingerprint density at radius 2 is 1.92 bits per heavy atom. The smallest absolute Gasteiger partial charge is 0.267 e. The lowest BCUT2D eigenvalue weighted by Gasteiger charge is -2.18. The minimum absolute atomic E-state index is 0.115. The van der Waals surface area contributed by atoms with Crippen LogP contribution in [0.1, 0.15) is 42.6 Å². The van der Waals surface area contributed by atoms with E-state index in [9.17, 15) is 4.79 Å². The van der Waals surface area contributed by atoms with Gasteiger partial charge in [-0.25, -0.2) is 4.98 Å². The summed E-state index contributed by atoms with van der Waals surface area (Å²) in [6, 6.07) is 9.72. The van der Waals surface area contributed by atoms with Gasteiger partial charge in [-0.3, -0.25) is 4.79 Å². The second-order valence-corrected chi connectivity index (χ2v) is 8.06. The van der Waals surface area contributed by atoms with Gasteiger partial charge in [0.1, 0.15) is 0 Å². The van der Waals surface area contributed by atoms with Crippen LogP contribution in [-0.4, -0.2) is 14.6 Å². The number of hydrogen-bond donors (Lipinski definition) is 0. The minimum atomic E-state index is -0.195. The molecule has 0 aliphatic heterocycles. The number of halogens is 1.